The molecule has 3 rings (SSSR count). The van der Waals surface area contributed by atoms with Crippen LogP contribution in [-0.4, -0.2) is 9.97 Å². The maximum Gasteiger partial charge on any atom is 0.231 e. The molecule has 0 bridgehead atoms. The number of aromatic nitrogens is 2. The predicted molar refractivity (Wildman–Crippen MR) is 110 cm³/mol. The molecule has 0 aliphatic heterocycles. The molecule has 0 radical (unpaired) electrons. The number of hydrogen-bond acceptors (Lipinski definition) is 6. The largest absolute Gasteiger partial charge is 0.382 e. The van der Waals surface area contributed by atoms with Gasteiger partial charge in [0.2, 0.25) is 5.95 Å². The first-order valence-corrected chi connectivity index (χ1v) is 8.70. The number of nitrogens with one attached hydrogen (secondary N) is 2. The Bertz CT molecular complexity index is 1010. The second-order valence-corrected chi connectivity index (χ2v) is 6.69. The fourth-order valence-electron chi connectivity index (χ4n) is 2.86. The Morgan fingerprint density at radius 3 is 2.22 bits per heavy atom. The molecule has 0 amide bonds. The topological polar surface area (TPSA) is 99.6 Å². The normalized spacial score (nSPS) is 10.3. The third-order valence-corrected chi connectivity index (χ3v) is 4.44. The number of hydrogen-bond donors (Lipinski definition) is 3. The summed E-state index contributed by atoms with van der Waals surface area (Å²) in [5, 5.41) is 15.5. The average Bonchev–Trinajstić information content (AvgIpc) is 2.62. The minimum absolute atomic E-state index is 0.174. The van der Waals surface area contributed by atoms with Crippen molar-refractivity contribution in [2.45, 2.75) is 20.8 Å². The molecule has 0 unspecified atom stereocenters. The van der Waals surface area contributed by atoms with E-state index in [0.717, 1.165) is 22.5 Å². The lowest BCUT2D eigenvalue weighted by atomic mass is 10.1. The van der Waals surface area contributed by atoms with E-state index in [1.165, 1.54) is 5.56 Å². The van der Waals surface area contributed by atoms with Crippen molar-refractivity contribution in [3.05, 3.63) is 63.7 Å². The number of benzene rings is 2. The summed E-state index contributed by atoms with van der Waals surface area (Å²) in [6, 6.07) is 13.2. The zero-order chi connectivity index (χ0) is 19.6. The Labute approximate surface area is 163 Å². The van der Waals surface area contributed by atoms with E-state index in [1.807, 2.05) is 13.8 Å². The Hall–Kier alpha value is -3.30. The second-order valence-electron chi connectivity index (χ2n) is 6.31. The van der Waals surface area contributed by atoms with Gasteiger partial charge in [0.15, 0.2) is 5.82 Å². The monoisotopic (exact) mass is 378 g/mol. The van der Waals surface area contributed by atoms with Crippen LogP contribution in [0.1, 0.15) is 22.3 Å². The van der Waals surface area contributed by atoms with Gasteiger partial charge >= 0.3 is 0 Å². The summed E-state index contributed by atoms with van der Waals surface area (Å²) in [6.45, 7) is 6.10. The summed E-state index contributed by atoms with van der Waals surface area (Å²) in [4.78, 5) is 8.65. The highest BCUT2D eigenvalue weighted by Crippen LogP contribution is 2.32. The number of anilines is 5. The van der Waals surface area contributed by atoms with Crippen LogP contribution in [0.5, 0.6) is 0 Å². The summed E-state index contributed by atoms with van der Waals surface area (Å²) < 4.78 is 0. The molecular formula is C20H19ClN6. The van der Waals surface area contributed by atoms with Crippen LogP contribution in [0.25, 0.3) is 0 Å². The van der Waals surface area contributed by atoms with E-state index in [9.17, 15) is 0 Å². The highest BCUT2D eigenvalue weighted by Gasteiger charge is 2.13. The number of nitrogen functional groups attached to an aromatic ring is 1. The minimum atomic E-state index is 0.174. The molecule has 0 fully saturated rings. The summed E-state index contributed by atoms with van der Waals surface area (Å²) in [5.74, 6) is 0.912. The quantitative estimate of drug-likeness (QED) is 0.591. The maximum absolute atomic E-state index is 8.89. The first kappa shape index (κ1) is 18.5. The average molecular weight is 379 g/mol. The fraction of sp³-hybridized carbons (Fsp3) is 0.150. The van der Waals surface area contributed by atoms with Crippen molar-refractivity contribution < 1.29 is 0 Å². The first-order valence-electron chi connectivity index (χ1n) is 8.32. The van der Waals surface area contributed by atoms with Crippen LogP contribution in [-0.2, 0) is 0 Å². The van der Waals surface area contributed by atoms with Crippen molar-refractivity contribution in [3.63, 3.8) is 0 Å². The van der Waals surface area contributed by atoms with E-state index in [4.69, 9.17) is 22.6 Å². The van der Waals surface area contributed by atoms with Gasteiger partial charge in [0.1, 0.15) is 10.8 Å². The van der Waals surface area contributed by atoms with Crippen molar-refractivity contribution in [2.24, 2.45) is 0 Å². The van der Waals surface area contributed by atoms with E-state index in [-0.39, 0.29) is 10.8 Å². The Morgan fingerprint density at radius 2 is 1.63 bits per heavy atom. The van der Waals surface area contributed by atoms with Gasteiger partial charge in [-0.2, -0.15) is 15.2 Å². The van der Waals surface area contributed by atoms with Gasteiger partial charge in [-0.1, -0.05) is 29.3 Å². The molecule has 0 saturated heterocycles. The van der Waals surface area contributed by atoms with E-state index in [1.54, 1.807) is 24.3 Å². The Balaban J connectivity index is 1.93. The van der Waals surface area contributed by atoms with Gasteiger partial charge in [-0.15, -0.1) is 0 Å². The van der Waals surface area contributed by atoms with Crippen molar-refractivity contribution >= 4 is 40.6 Å². The number of aryl methyl sites for hydroxylation is 3. The third-order valence-electron chi connectivity index (χ3n) is 4.07. The summed E-state index contributed by atoms with van der Waals surface area (Å²) >= 11 is 6.32. The Morgan fingerprint density at radius 1 is 1.00 bits per heavy atom. The van der Waals surface area contributed by atoms with Crippen LogP contribution in [0.3, 0.4) is 0 Å². The lowest BCUT2D eigenvalue weighted by Crippen LogP contribution is -2.06. The van der Waals surface area contributed by atoms with Gasteiger partial charge in [-0.25, -0.2) is 0 Å². The van der Waals surface area contributed by atoms with Crippen molar-refractivity contribution in [1.82, 2.24) is 9.97 Å². The molecule has 1 heterocycles. The molecule has 0 aliphatic carbocycles. The van der Waals surface area contributed by atoms with E-state index in [0.29, 0.717) is 17.3 Å². The second kappa shape index (κ2) is 7.52. The lowest BCUT2D eigenvalue weighted by Gasteiger charge is -2.16. The predicted octanol–water partition coefficient (Wildman–Crippen LogP) is 5.00. The maximum atomic E-state index is 8.89. The highest BCUT2D eigenvalue weighted by molar-refractivity contribution is 6.35. The number of nitrogens with zero attached hydrogens (tertiary/aromatic N) is 3. The van der Waals surface area contributed by atoms with Crippen LogP contribution >= 0.6 is 11.6 Å². The van der Waals surface area contributed by atoms with Gasteiger partial charge in [0.25, 0.3) is 0 Å². The molecule has 0 atom stereocenters. The molecule has 136 valence electrons. The highest BCUT2D eigenvalue weighted by atomic mass is 35.5. The van der Waals surface area contributed by atoms with Gasteiger partial charge in [-0.3, -0.25) is 0 Å². The third kappa shape index (κ3) is 4.10. The first-order chi connectivity index (χ1) is 12.9. The number of nitriles is 1. The van der Waals surface area contributed by atoms with Gasteiger partial charge < -0.3 is 16.4 Å². The summed E-state index contributed by atoms with van der Waals surface area (Å²) in [7, 11) is 0. The molecule has 7 heteroatoms. The molecule has 0 aliphatic rings. The van der Waals surface area contributed by atoms with Gasteiger partial charge in [0, 0.05) is 11.4 Å². The zero-order valence-electron chi connectivity index (χ0n) is 15.3. The molecule has 2 aromatic carbocycles. The molecule has 27 heavy (non-hydrogen) atoms. The van der Waals surface area contributed by atoms with Gasteiger partial charge in [0.05, 0.1) is 11.6 Å². The molecular weight excluding hydrogens is 360 g/mol. The molecule has 0 saturated carbocycles. The number of halogens is 1. The van der Waals surface area contributed by atoms with E-state index < -0.39 is 0 Å². The van der Waals surface area contributed by atoms with Crippen LogP contribution < -0.4 is 16.4 Å². The Kier molecular flexibility index (Phi) is 5.15. The number of rotatable bonds is 4. The minimum Gasteiger partial charge on any atom is -0.382 e. The van der Waals surface area contributed by atoms with Gasteiger partial charge in [-0.05, 0) is 56.2 Å². The molecule has 0 spiro atoms. The van der Waals surface area contributed by atoms with Crippen LogP contribution in [0.15, 0.2) is 36.4 Å². The van der Waals surface area contributed by atoms with E-state index in [2.05, 4.69) is 45.7 Å². The summed E-state index contributed by atoms with van der Waals surface area (Å²) in [5.41, 5.74) is 11.6. The van der Waals surface area contributed by atoms with Crippen molar-refractivity contribution in [1.29, 1.82) is 5.26 Å². The standard InChI is InChI=1S/C20H19ClN6/c1-11-8-12(2)17(13(3)9-11)25-19-16(21)18(23)26-20(27-19)24-15-6-4-14(10-22)5-7-15/h4-9H,1-3H3,(H4,23,24,25,26,27). The number of nitrogens with two attached hydrogens (primary N) is 1. The van der Waals surface area contributed by atoms with Crippen molar-refractivity contribution in [3.8, 4) is 6.07 Å². The SMILES string of the molecule is Cc1cc(C)c(Nc2nc(Nc3ccc(C#N)cc3)nc(N)c2Cl)c(C)c1. The smallest absolute Gasteiger partial charge is 0.231 e. The molecule has 4 N–H and O–H groups in total. The molecule has 6 nitrogen and oxygen atoms in total. The van der Waals surface area contributed by atoms with Crippen LogP contribution in [0.4, 0.5) is 29.0 Å². The lowest BCUT2D eigenvalue weighted by molar-refractivity contribution is 1.17. The van der Waals surface area contributed by atoms with E-state index >= 15 is 0 Å². The van der Waals surface area contributed by atoms with Crippen molar-refractivity contribution in [2.75, 3.05) is 16.4 Å². The fourth-order valence-corrected chi connectivity index (χ4v) is 2.99. The molecule has 3 aromatic rings. The zero-order valence-corrected chi connectivity index (χ0v) is 16.0. The van der Waals surface area contributed by atoms with Crippen LogP contribution in [0.2, 0.25) is 5.02 Å². The summed E-state index contributed by atoms with van der Waals surface area (Å²) in [6.07, 6.45) is 0. The molecule has 1 aromatic heterocycles. The van der Waals surface area contributed by atoms with Crippen LogP contribution in [0, 0.1) is 32.1 Å².